The molecule has 0 bridgehead atoms. The molecule has 0 spiro atoms. The first-order valence-electron chi connectivity index (χ1n) is 10.3. The van der Waals surface area contributed by atoms with Gasteiger partial charge in [0.1, 0.15) is 17.2 Å². The van der Waals surface area contributed by atoms with Gasteiger partial charge in [-0.2, -0.15) is 13.2 Å². The largest absolute Gasteiger partial charge is 0.416 e. The molecule has 2 aromatic carbocycles. The highest BCUT2D eigenvalue weighted by Crippen LogP contribution is 2.37. The Balaban J connectivity index is 1.57. The van der Waals surface area contributed by atoms with Crippen LogP contribution in [0.5, 0.6) is 0 Å². The Morgan fingerprint density at radius 3 is 2.24 bits per heavy atom. The first kappa shape index (κ1) is 25.7. The second kappa shape index (κ2) is 10.1. The van der Waals surface area contributed by atoms with Crippen LogP contribution in [-0.4, -0.2) is 35.1 Å². The van der Waals surface area contributed by atoms with Gasteiger partial charge in [-0.1, -0.05) is 31.2 Å². The summed E-state index contributed by atoms with van der Waals surface area (Å²) < 4.78 is 77.0. The second-order valence-electron chi connectivity index (χ2n) is 8.18. The molecule has 180 valence electrons. The number of hydrogen-bond donors (Lipinski definition) is 1. The van der Waals surface area contributed by atoms with Gasteiger partial charge in [0.25, 0.3) is 0 Å². The Labute approximate surface area is 193 Å². The molecule has 33 heavy (non-hydrogen) atoms. The maximum atomic E-state index is 14.2. The van der Waals surface area contributed by atoms with E-state index >= 15 is 0 Å². The van der Waals surface area contributed by atoms with E-state index in [4.69, 9.17) is 9.47 Å². The van der Waals surface area contributed by atoms with Crippen LogP contribution in [-0.2, 0) is 21.3 Å². The Morgan fingerprint density at radius 2 is 1.70 bits per heavy atom. The van der Waals surface area contributed by atoms with Crippen molar-refractivity contribution in [1.29, 1.82) is 0 Å². The monoisotopic (exact) mass is 488 g/mol. The van der Waals surface area contributed by atoms with E-state index in [0.29, 0.717) is 24.4 Å². The number of halogens is 5. The van der Waals surface area contributed by atoms with Crippen molar-refractivity contribution in [1.82, 2.24) is 0 Å². The van der Waals surface area contributed by atoms with Gasteiger partial charge < -0.3 is 14.6 Å². The summed E-state index contributed by atoms with van der Waals surface area (Å²) in [6.07, 6.45) is -3.33. The van der Waals surface area contributed by atoms with Crippen molar-refractivity contribution in [2.24, 2.45) is 0 Å². The minimum atomic E-state index is -4.39. The van der Waals surface area contributed by atoms with Crippen LogP contribution in [0.4, 0.5) is 22.0 Å². The summed E-state index contributed by atoms with van der Waals surface area (Å²) in [6.45, 7) is 5.60. The van der Waals surface area contributed by atoms with Crippen LogP contribution in [0.1, 0.15) is 37.5 Å². The molecule has 1 saturated heterocycles. The molecular formula is C24H25F5O3S. The molecule has 1 fully saturated rings. The van der Waals surface area contributed by atoms with Crippen molar-refractivity contribution in [3.8, 4) is 0 Å². The minimum Gasteiger partial charge on any atom is -0.384 e. The summed E-state index contributed by atoms with van der Waals surface area (Å²) >= 11 is 1.37. The third-order valence-electron chi connectivity index (χ3n) is 5.54. The van der Waals surface area contributed by atoms with Crippen LogP contribution < -0.4 is 0 Å². The van der Waals surface area contributed by atoms with Crippen molar-refractivity contribution in [3.63, 3.8) is 0 Å². The predicted octanol–water partition coefficient (Wildman–Crippen LogP) is 6.16. The molecule has 1 aliphatic heterocycles. The molecule has 0 saturated carbocycles. The number of aliphatic hydroxyl groups is 1. The van der Waals surface area contributed by atoms with Crippen LogP contribution in [0.15, 0.2) is 48.0 Å². The van der Waals surface area contributed by atoms with Crippen molar-refractivity contribution in [2.45, 2.75) is 49.3 Å². The van der Waals surface area contributed by atoms with Crippen LogP contribution in [0.2, 0.25) is 0 Å². The third kappa shape index (κ3) is 6.35. The standard InChI is InChI=1S/C24H25F5O3S/c1-14(10-16-4-6-17(7-5-16)24(27,28)29)22-31-12-19(13-32-22)33-15(2)23(3,30)20-9-8-18(25)11-21(20)26/h4-11,15,19,22,30H,12-13H2,1-3H3/t15-,19?,22?,23+/m1/s1. The summed E-state index contributed by atoms with van der Waals surface area (Å²) in [5, 5.41) is 10.3. The lowest BCUT2D eigenvalue weighted by Crippen LogP contribution is -2.39. The molecule has 1 aliphatic rings. The zero-order valence-corrected chi connectivity index (χ0v) is 19.1. The van der Waals surface area contributed by atoms with Gasteiger partial charge in [-0.25, -0.2) is 8.78 Å². The van der Waals surface area contributed by atoms with Gasteiger partial charge in [-0.3, -0.25) is 0 Å². The summed E-state index contributed by atoms with van der Waals surface area (Å²) in [7, 11) is 0. The summed E-state index contributed by atoms with van der Waals surface area (Å²) in [6, 6.07) is 7.88. The van der Waals surface area contributed by atoms with Crippen molar-refractivity contribution in [2.75, 3.05) is 13.2 Å². The highest BCUT2D eigenvalue weighted by Gasteiger charge is 2.36. The molecule has 0 aliphatic carbocycles. The fraction of sp³-hybridized carbons (Fsp3) is 0.417. The van der Waals surface area contributed by atoms with E-state index in [1.54, 1.807) is 19.9 Å². The van der Waals surface area contributed by atoms with Gasteiger partial charge in [0, 0.05) is 16.9 Å². The van der Waals surface area contributed by atoms with Crippen molar-refractivity contribution < 1.29 is 36.5 Å². The molecule has 0 radical (unpaired) electrons. The van der Waals surface area contributed by atoms with Crippen molar-refractivity contribution in [3.05, 3.63) is 76.4 Å². The first-order chi connectivity index (χ1) is 15.4. The molecule has 2 aromatic rings. The van der Waals surface area contributed by atoms with Crippen LogP contribution in [0, 0.1) is 11.6 Å². The fourth-order valence-corrected chi connectivity index (χ4v) is 4.75. The fourth-order valence-electron chi connectivity index (χ4n) is 3.47. The molecular weight excluding hydrogens is 463 g/mol. The topological polar surface area (TPSA) is 38.7 Å². The van der Waals surface area contributed by atoms with Gasteiger partial charge in [0.15, 0.2) is 6.29 Å². The van der Waals surface area contributed by atoms with Gasteiger partial charge in [0.2, 0.25) is 0 Å². The van der Waals surface area contributed by atoms with Gasteiger partial charge in [0.05, 0.1) is 24.0 Å². The number of hydrogen-bond acceptors (Lipinski definition) is 4. The lowest BCUT2D eigenvalue weighted by molar-refractivity contribution is -0.152. The lowest BCUT2D eigenvalue weighted by atomic mass is 9.92. The van der Waals surface area contributed by atoms with Crippen molar-refractivity contribution >= 4 is 17.8 Å². The average Bonchev–Trinajstić information content (AvgIpc) is 2.73. The summed E-state index contributed by atoms with van der Waals surface area (Å²) in [5.74, 6) is -1.53. The van der Waals surface area contributed by atoms with Gasteiger partial charge in [-0.15, -0.1) is 11.8 Å². The molecule has 3 nitrogen and oxygen atoms in total. The summed E-state index contributed by atoms with van der Waals surface area (Å²) in [5.41, 5.74) is -0.957. The van der Waals surface area contributed by atoms with E-state index in [2.05, 4.69) is 0 Å². The zero-order chi connectivity index (χ0) is 24.4. The number of benzene rings is 2. The number of ether oxygens (including phenoxy) is 2. The van der Waals surface area contributed by atoms with E-state index in [0.717, 1.165) is 24.3 Å². The third-order valence-corrected chi connectivity index (χ3v) is 7.06. The molecule has 0 unspecified atom stereocenters. The molecule has 1 heterocycles. The van der Waals surface area contributed by atoms with Gasteiger partial charge in [-0.05, 0) is 43.2 Å². The first-order valence-corrected chi connectivity index (χ1v) is 11.2. The van der Waals surface area contributed by atoms with E-state index in [-0.39, 0.29) is 10.8 Å². The Kier molecular flexibility index (Phi) is 7.88. The predicted molar refractivity (Wildman–Crippen MR) is 118 cm³/mol. The Bertz CT molecular complexity index is 981. The molecule has 0 amide bonds. The maximum Gasteiger partial charge on any atom is 0.416 e. The molecule has 9 heteroatoms. The lowest BCUT2D eigenvalue weighted by Gasteiger charge is -2.36. The zero-order valence-electron chi connectivity index (χ0n) is 18.3. The van der Waals surface area contributed by atoms with E-state index in [1.807, 2.05) is 0 Å². The Morgan fingerprint density at radius 1 is 1.09 bits per heavy atom. The Hall–Kier alpha value is -1.94. The van der Waals surface area contributed by atoms with E-state index in [9.17, 15) is 27.1 Å². The molecule has 0 aromatic heterocycles. The van der Waals surface area contributed by atoms with Gasteiger partial charge >= 0.3 is 6.18 Å². The summed E-state index contributed by atoms with van der Waals surface area (Å²) in [4.78, 5) is 0. The SMILES string of the molecule is CC(=Cc1ccc(C(F)(F)F)cc1)C1OCC(S[C@H](C)[C@](C)(O)c2ccc(F)cc2F)CO1. The maximum absolute atomic E-state index is 14.2. The second-order valence-corrected chi connectivity index (χ2v) is 9.82. The van der Waals surface area contributed by atoms with Crippen LogP contribution in [0.3, 0.4) is 0 Å². The van der Waals surface area contributed by atoms with Crippen LogP contribution in [0.25, 0.3) is 6.08 Å². The number of alkyl halides is 3. The normalized spacial score (nSPS) is 22.6. The quantitative estimate of drug-likeness (QED) is 0.495. The number of thioether (sulfide) groups is 1. The highest BCUT2D eigenvalue weighted by molar-refractivity contribution is 8.00. The molecule has 2 atom stereocenters. The smallest absolute Gasteiger partial charge is 0.384 e. The minimum absolute atomic E-state index is 0.00902. The molecule has 1 N–H and O–H groups in total. The highest BCUT2D eigenvalue weighted by atomic mass is 32.2. The van der Waals surface area contributed by atoms with E-state index < -0.39 is 40.5 Å². The average molecular weight is 489 g/mol. The van der Waals surface area contributed by atoms with Crippen LogP contribution >= 0.6 is 11.8 Å². The molecule has 3 rings (SSSR count). The van der Waals surface area contributed by atoms with E-state index in [1.165, 1.54) is 36.9 Å². The number of rotatable bonds is 6.